The maximum absolute atomic E-state index is 10.8. The predicted molar refractivity (Wildman–Crippen MR) is 71.4 cm³/mol. The van der Waals surface area contributed by atoms with Crippen molar-refractivity contribution in [2.45, 2.75) is 39.0 Å². The van der Waals surface area contributed by atoms with Crippen molar-refractivity contribution in [1.29, 1.82) is 0 Å². The maximum atomic E-state index is 10.8. The first-order chi connectivity index (χ1) is 7.70. The van der Waals surface area contributed by atoms with Crippen LogP contribution in [-0.2, 0) is 4.79 Å². The standard InChI is InChI=1S/C15H22O/c1-4-6-7-12-15(10-5-2)13-9-8-11-14(3)16/h4-7,10H,1-2,8-9,11-13H2,3H3/b7-6+,15-10?. The molecule has 1 heteroatoms. The zero-order chi connectivity index (χ0) is 12.2. The van der Waals surface area contributed by atoms with Crippen LogP contribution in [0.3, 0.4) is 0 Å². The van der Waals surface area contributed by atoms with Gasteiger partial charge in [-0.1, -0.05) is 49.1 Å². The summed E-state index contributed by atoms with van der Waals surface area (Å²) in [5.41, 5.74) is 1.36. The van der Waals surface area contributed by atoms with E-state index in [0.717, 1.165) is 25.7 Å². The predicted octanol–water partition coefficient (Wildman–Crippen LogP) is 4.38. The smallest absolute Gasteiger partial charge is 0.129 e. The van der Waals surface area contributed by atoms with Crippen LogP contribution in [0.4, 0.5) is 0 Å². The molecule has 0 aliphatic rings. The van der Waals surface area contributed by atoms with E-state index in [2.05, 4.69) is 25.3 Å². The lowest BCUT2D eigenvalue weighted by molar-refractivity contribution is -0.117. The van der Waals surface area contributed by atoms with Crippen molar-refractivity contribution >= 4 is 5.78 Å². The van der Waals surface area contributed by atoms with Crippen LogP contribution in [0.15, 0.2) is 49.1 Å². The van der Waals surface area contributed by atoms with Gasteiger partial charge in [-0.3, -0.25) is 0 Å². The van der Waals surface area contributed by atoms with Gasteiger partial charge in [-0.05, 0) is 32.6 Å². The molecule has 0 N–H and O–H groups in total. The van der Waals surface area contributed by atoms with Crippen LogP contribution in [0.2, 0.25) is 0 Å². The minimum Gasteiger partial charge on any atom is -0.300 e. The molecule has 0 rings (SSSR count). The molecule has 1 nitrogen and oxygen atoms in total. The van der Waals surface area contributed by atoms with E-state index in [9.17, 15) is 4.79 Å². The van der Waals surface area contributed by atoms with Gasteiger partial charge in [0.2, 0.25) is 0 Å². The lowest BCUT2D eigenvalue weighted by Crippen LogP contribution is -1.90. The maximum Gasteiger partial charge on any atom is 0.129 e. The Morgan fingerprint density at radius 1 is 1.12 bits per heavy atom. The molecule has 0 heterocycles. The van der Waals surface area contributed by atoms with Crippen LogP contribution in [0.25, 0.3) is 0 Å². The number of carbonyl (C=O) groups is 1. The summed E-state index contributed by atoms with van der Waals surface area (Å²) in [6.45, 7) is 8.99. The average molecular weight is 218 g/mol. The zero-order valence-electron chi connectivity index (χ0n) is 10.2. The van der Waals surface area contributed by atoms with Gasteiger partial charge in [0, 0.05) is 6.42 Å². The Bertz CT molecular complexity index is 282. The summed E-state index contributed by atoms with van der Waals surface area (Å²) in [4.78, 5) is 10.8. The first-order valence-electron chi connectivity index (χ1n) is 5.78. The molecule has 0 aromatic carbocycles. The molecule has 0 amide bonds. The van der Waals surface area contributed by atoms with Crippen LogP contribution in [0.5, 0.6) is 0 Å². The fourth-order valence-corrected chi connectivity index (χ4v) is 1.46. The molecule has 16 heavy (non-hydrogen) atoms. The van der Waals surface area contributed by atoms with Crippen molar-refractivity contribution in [3.63, 3.8) is 0 Å². The minimum atomic E-state index is 0.279. The Kier molecular flexibility index (Phi) is 9.29. The zero-order valence-corrected chi connectivity index (χ0v) is 10.2. The molecule has 0 bridgehead atoms. The molecule has 0 spiro atoms. The van der Waals surface area contributed by atoms with Gasteiger partial charge in [-0.25, -0.2) is 0 Å². The fraction of sp³-hybridized carbons (Fsp3) is 0.400. The highest BCUT2D eigenvalue weighted by Crippen LogP contribution is 2.13. The van der Waals surface area contributed by atoms with Crippen LogP contribution in [0.1, 0.15) is 39.0 Å². The van der Waals surface area contributed by atoms with Gasteiger partial charge in [0.1, 0.15) is 5.78 Å². The molecule has 88 valence electrons. The topological polar surface area (TPSA) is 17.1 Å². The highest BCUT2D eigenvalue weighted by Gasteiger charge is 1.97. The van der Waals surface area contributed by atoms with Crippen LogP contribution in [-0.4, -0.2) is 5.78 Å². The fourth-order valence-electron chi connectivity index (χ4n) is 1.46. The Labute approximate surface area is 99.3 Å². The first kappa shape index (κ1) is 14.6. The van der Waals surface area contributed by atoms with E-state index in [1.165, 1.54) is 5.57 Å². The lowest BCUT2D eigenvalue weighted by atomic mass is 10.0. The summed E-state index contributed by atoms with van der Waals surface area (Å²) in [6.07, 6.45) is 14.4. The summed E-state index contributed by atoms with van der Waals surface area (Å²) in [6, 6.07) is 0. The van der Waals surface area contributed by atoms with E-state index in [-0.39, 0.29) is 5.78 Å². The van der Waals surface area contributed by atoms with Crippen molar-refractivity contribution in [3.05, 3.63) is 49.1 Å². The van der Waals surface area contributed by atoms with Gasteiger partial charge >= 0.3 is 0 Å². The number of Topliss-reactive ketones (excluding diaryl/α,β-unsaturated/α-hetero) is 1. The van der Waals surface area contributed by atoms with Crippen LogP contribution < -0.4 is 0 Å². The molecule has 0 saturated carbocycles. The van der Waals surface area contributed by atoms with E-state index in [1.807, 2.05) is 12.2 Å². The Balaban J connectivity index is 3.90. The number of carbonyl (C=O) groups excluding carboxylic acids is 1. The molecular formula is C15H22O. The Morgan fingerprint density at radius 3 is 2.38 bits per heavy atom. The van der Waals surface area contributed by atoms with Gasteiger partial charge in [-0.15, -0.1) is 0 Å². The number of hydrogen-bond acceptors (Lipinski definition) is 1. The summed E-state index contributed by atoms with van der Waals surface area (Å²) in [7, 11) is 0. The Morgan fingerprint density at radius 2 is 1.81 bits per heavy atom. The second kappa shape index (κ2) is 10.2. The lowest BCUT2D eigenvalue weighted by Gasteiger charge is -2.03. The van der Waals surface area contributed by atoms with Gasteiger partial charge in [0.05, 0.1) is 0 Å². The molecule has 0 atom stereocenters. The van der Waals surface area contributed by atoms with Crippen molar-refractivity contribution in [1.82, 2.24) is 0 Å². The first-order valence-corrected chi connectivity index (χ1v) is 5.78. The third-order valence-electron chi connectivity index (χ3n) is 2.28. The third-order valence-corrected chi connectivity index (χ3v) is 2.28. The second-order valence-electron chi connectivity index (χ2n) is 3.84. The summed E-state index contributed by atoms with van der Waals surface area (Å²) in [5, 5.41) is 0. The quantitative estimate of drug-likeness (QED) is 0.414. The molecule has 0 aliphatic heterocycles. The molecule has 0 fully saturated rings. The normalized spacial score (nSPS) is 11.7. The van der Waals surface area contributed by atoms with E-state index >= 15 is 0 Å². The molecular weight excluding hydrogens is 196 g/mol. The third kappa shape index (κ3) is 9.20. The summed E-state index contributed by atoms with van der Waals surface area (Å²) >= 11 is 0. The number of unbranched alkanes of at least 4 members (excludes halogenated alkanes) is 1. The van der Waals surface area contributed by atoms with Gasteiger partial charge in [-0.2, -0.15) is 0 Å². The van der Waals surface area contributed by atoms with Gasteiger partial charge < -0.3 is 4.79 Å². The van der Waals surface area contributed by atoms with E-state index < -0.39 is 0 Å². The summed E-state index contributed by atoms with van der Waals surface area (Å²) in [5.74, 6) is 0.279. The van der Waals surface area contributed by atoms with Gasteiger partial charge in [0.15, 0.2) is 0 Å². The number of hydrogen-bond donors (Lipinski definition) is 0. The number of ketones is 1. The molecule has 0 aromatic rings. The molecule has 0 aliphatic carbocycles. The molecule has 0 unspecified atom stereocenters. The molecule has 0 aromatic heterocycles. The van der Waals surface area contributed by atoms with E-state index in [4.69, 9.17) is 0 Å². The van der Waals surface area contributed by atoms with E-state index in [1.54, 1.807) is 13.0 Å². The van der Waals surface area contributed by atoms with Crippen molar-refractivity contribution in [2.24, 2.45) is 0 Å². The molecule has 0 radical (unpaired) electrons. The average Bonchev–Trinajstić information content (AvgIpc) is 2.24. The monoisotopic (exact) mass is 218 g/mol. The SMILES string of the molecule is C=CC=C(C/C=C/C=C)CCCCC(C)=O. The van der Waals surface area contributed by atoms with Crippen molar-refractivity contribution in [2.75, 3.05) is 0 Å². The minimum absolute atomic E-state index is 0.279. The van der Waals surface area contributed by atoms with Crippen LogP contribution >= 0.6 is 0 Å². The second-order valence-corrected chi connectivity index (χ2v) is 3.84. The number of rotatable bonds is 9. The largest absolute Gasteiger partial charge is 0.300 e. The van der Waals surface area contributed by atoms with E-state index in [0.29, 0.717) is 6.42 Å². The van der Waals surface area contributed by atoms with Gasteiger partial charge in [0.25, 0.3) is 0 Å². The Hall–Kier alpha value is -1.37. The van der Waals surface area contributed by atoms with Crippen molar-refractivity contribution in [3.8, 4) is 0 Å². The highest BCUT2D eigenvalue weighted by atomic mass is 16.1. The number of allylic oxidation sites excluding steroid dienone is 6. The highest BCUT2D eigenvalue weighted by molar-refractivity contribution is 5.75. The summed E-state index contributed by atoms with van der Waals surface area (Å²) < 4.78 is 0. The van der Waals surface area contributed by atoms with Crippen molar-refractivity contribution < 1.29 is 4.79 Å². The van der Waals surface area contributed by atoms with Crippen LogP contribution in [0, 0.1) is 0 Å². The molecule has 0 saturated heterocycles.